The maximum Gasteiger partial charge on any atom is 0.262 e. The third-order valence-corrected chi connectivity index (χ3v) is 5.85. The Hall–Kier alpha value is -3.19. The number of carbonyl (C=O) groups is 2. The number of allylic oxidation sites excluding steroid dienone is 1. The molecular weight excluding hydrogens is 410 g/mol. The predicted molar refractivity (Wildman–Crippen MR) is 124 cm³/mol. The van der Waals surface area contributed by atoms with E-state index in [4.69, 9.17) is 17.0 Å². The van der Waals surface area contributed by atoms with Crippen molar-refractivity contribution in [1.82, 2.24) is 10.2 Å². The number of hydrogen-bond donors (Lipinski definition) is 2. The first-order valence-electron chi connectivity index (χ1n) is 10.5. The summed E-state index contributed by atoms with van der Waals surface area (Å²) in [5.41, 5.74) is 3.54. The zero-order valence-electron chi connectivity index (χ0n) is 17.4. The number of nitrogens with one attached hydrogen (secondary N) is 2. The minimum Gasteiger partial charge on any atom is -0.484 e. The van der Waals surface area contributed by atoms with Crippen LogP contribution in [0.3, 0.4) is 0 Å². The van der Waals surface area contributed by atoms with Gasteiger partial charge in [-0.15, -0.1) is 0 Å². The smallest absolute Gasteiger partial charge is 0.262 e. The van der Waals surface area contributed by atoms with Gasteiger partial charge in [0.1, 0.15) is 5.75 Å². The highest BCUT2D eigenvalue weighted by Crippen LogP contribution is 2.37. The van der Waals surface area contributed by atoms with E-state index in [-0.39, 0.29) is 24.3 Å². The lowest BCUT2D eigenvalue weighted by Crippen LogP contribution is -2.49. The van der Waals surface area contributed by atoms with Crippen molar-refractivity contribution in [1.29, 1.82) is 0 Å². The lowest BCUT2D eigenvalue weighted by Gasteiger charge is -2.40. The highest BCUT2D eigenvalue weighted by Gasteiger charge is 2.36. The summed E-state index contributed by atoms with van der Waals surface area (Å²) >= 11 is 5.56. The molecule has 0 bridgehead atoms. The Bertz CT molecular complexity index is 1020. The Kier molecular flexibility index (Phi) is 6.32. The van der Waals surface area contributed by atoms with Crippen LogP contribution in [0.15, 0.2) is 65.9 Å². The third-order valence-electron chi connectivity index (χ3n) is 5.51. The van der Waals surface area contributed by atoms with Crippen molar-refractivity contribution in [2.45, 2.75) is 32.2 Å². The summed E-state index contributed by atoms with van der Waals surface area (Å²) in [6.07, 6.45) is 2.30. The van der Waals surface area contributed by atoms with Crippen LogP contribution >= 0.6 is 12.2 Å². The second kappa shape index (κ2) is 9.31. The van der Waals surface area contributed by atoms with E-state index in [2.05, 4.69) is 10.6 Å². The Balaban J connectivity index is 1.45. The van der Waals surface area contributed by atoms with E-state index < -0.39 is 0 Å². The number of thiocarbonyl (C=S) groups is 1. The van der Waals surface area contributed by atoms with E-state index in [1.165, 1.54) is 0 Å². The third kappa shape index (κ3) is 4.61. The molecule has 31 heavy (non-hydrogen) atoms. The van der Waals surface area contributed by atoms with E-state index in [0.717, 1.165) is 41.9 Å². The van der Waals surface area contributed by atoms with Gasteiger partial charge in [0.2, 0.25) is 0 Å². The van der Waals surface area contributed by atoms with E-state index in [9.17, 15) is 9.59 Å². The van der Waals surface area contributed by atoms with Crippen molar-refractivity contribution in [3.8, 4) is 5.75 Å². The number of ether oxygens (including phenoxy) is 1. The van der Waals surface area contributed by atoms with Gasteiger partial charge in [-0.1, -0.05) is 30.3 Å². The van der Waals surface area contributed by atoms with Crippen LogP contribution < -0.4 is 15.4 Å². The fraction of sp³-hybridized carbons (Fsp3) is 0.292. The van der Waals surface area contributed by atoms with E-state index in [0.29, 0.717) is 17.3 Å². The maximum absolute atomic E-state index is 12.7. The molecule has 1 aliphatic carbocycles. The van der Waals surface area contributed by atoms with Crippen LogP contribution in [-0.2, 0) is 9.59 Å². The molecule has 2 aromatic rings. The molecule has 1 atom stereocenters. The molecule has 2 aromatic carbocycles. The van der Waals surface area contributed by atoms with Crippen LogP contribution in [0.25, 0.3) is 0 Å². The number of anilines is 1. The Labute approximate surface area is 187 Å². The van der Waals surface area contributed by atoms with Gasteiger partial charge in [-0.2, -0.15) is 0 Å². The Morgan fingerprint density at radius 3 is 2.61 bits per heavy atom. The van der Waals surface area contributed by atoms with E-state index in [1.807, 2.05) is 66.4 Å². The number of hydrogen-bond acceptors (Lipinski definition) is 4. The van der Waals surface area contributed by atoms with Gasteiger partial charge in [0, 0.05) is 29.9 Å². The monoisotopic (exact) mass is 435 g/mol. The topological polar surface area (TPSA) is 70.7 Å². The summed E-state index contributed by atoms with van der Waals surface area (Å²) in [6, 6.07) is 16.5. The summed E-state index contributed by atoms with van der Waals surface area (Å²) in [5, 5.41) is 6.77. The van der Waals surface area contributed by atoms with Crippen molar-refractivity contribution >= 4 is 34.7 Å². The molecule has 2 aliphatic rings. The minimum atomic E-state index is -0.256. The van der Waals surface area contributed by atoms with Crippen LogP contribution in [0.1, 0.15) is 37.8 Å². The van der Waals surface area contributed by atoms with Crippen molar-refractivity contribution in [2.75, 3.05) is 18.5 Å². The number of carbonyl (C=O) groups excluding carboxylic acids is 2. The molecular formula is C24H25N3O3S. The molecule has 0 aromatic heterocycles. The molecule has 2 N–H and O–H groups in total. The molecule has 0 radical (unpaired) electrons. The zero-order valence-corrected chi connectivity index (χ0v) is 18.2. The molecule has 1 unspecified atom stereocenters. The van der Waals surface area contributed by atoms with Crippen molar-refractivity contribution < 1.29 is 14.3 Å². The lowest BCUT2D eigenvalue weighted by molar-refractivity contribution is -0.118. The molecule has 0 saturated carbocycles. The Morgan fingerprint density at radius 2 is 1.90 bits per heavy atom. The van der Waals surface area contributed by atoms with Crippen LogP contribution in [0.4, 0.5) is 5.69 Å². The van der Waals surface area contributed by atoms with E-state index >= 15 is 0 Å². The van der Waals surface area contributed by atoms with Gasteiger partial charge >= 0.3 is 0 Å². The molecule has 1 heterocycles. The second-order valence-corrected chi connectivity index (χ2v) is 7.92. The fourth-order valence-electron chi connectivity index (χ4n) is 4.06. The zero-order chi connectivity index (χ0) is 21.8. The Morgan fingerprint density at radius 1 is 1.16 bits per heavy atom. The number of Topliss-reactive ketones (excluding diaryl/α,β-unsaturated/α-hetero) is 1. The van der Waals surface area contributed by atoms with Gasteiger partial charge in [-0.05, 0) is 61.8 Å². The van der Waals surface area contributed by atoms with Crippen LogP contribution in [0, 0.1) is 0 Å². The van der Waals surface area contributed by atoms with Crippen LogP contribution in [0.2, 0.25) is 0 Å². The number of rotatable bonds is 6. The standard InChI is InChI=1S/C24H25N3O3S/c1-2-27-19-9-6-10-20(28)22(19)23(26-24(27)31)16-11-13-18(14-12-16)30-15-21(29)25-17-7-4-3-5-8-17/h3-5,7-8,11-14,23H,2,6,9-10,15H2,1H3,(H,25,29)(H,26,31). The first-order chi connectivity index (χ1) is 15.1. The molecule has 0 fully saturated rings. The molecule has 4 rings (SSSR count). The second-order valence-electron chi connectivity index (χ2n) is 7.54. The summed E-state index contributed by atoms with van der Waals surface area (Å²) in [5.74, 6) is 0.541. The van der Waals surface area contributed by atoms with Crippen molar-refractivity contribution in [3.63, 3.8) is 0 Å². The first kappa shape index (κ1) is 21.1. The molecule has 1 aliphatic heterocycles. The number of para-hydroxylation sites is 1. The molecule has 0 saturated heterocycles. The summed E-state index contributed by atoms with van der Waals surface area (Å²) in [4.78, 5) is 26.8. The summed E-state index contributed by atoms with van der Waals surface area (Å²) in [6.45, 7) is 2.69. The average molecular weight is 436 g/mol. The largest absolute Gasteiger partial charge is 0.484 e. The molecule has 0 spiro atoms. The van der Waals surface area contributed by atoms with E-state index in [1.54, 1.807) is 0 Å². The van der Waals surface area contributed by atoms with Crippen molar-refractivity contribution in [3.05, 3.63) is 71.4 Å². The molecule has 1 amide bonds. The quantitative estimate of drug-likeness (QED) is 0.670. The summed E-state index contributed by atoms with van der Waals surface area (Å²) < 4.78 is 5.62. The number of ketones is 1. The van der Waals surface area contributed by atoms with Gasteiger partial charge in [-0.25, -0.2) is 0 Å². The SMILES string of the molecule is CCN1C(=S)NC(c2ccc(OCC(=O)Nc3ccccc3)cc2)C2=C1CCCC2=O. The molecule has 160 valence electrons. The summed E-state index contributed by atoms with van der Waals surface area (Å²) in [7, 11) is 0. The van der Waals surface area contributed by atoms with Crippen molar-refractivity contribution in [2.24, 2.45) is 0 Å². The normalized spacial score (nSPS) is 18.4. The lowest BCUT2D eigenvalue weighted by atomic mass is 9.85. The van der Waals surface area contributed by atoms with Crippen LogP contribution in [0.5, 0.6) is 5.75 Å². The predicted octanol–water partition coefficient (Wildman–Crippen LogP) is 3.96. The van der Waals surface area contributed by atoms with Gasteiger partial charge in [0.05, 0.1) is 6.04 Å². The average Bonchev–Trinajstić information content (AvgIpc) is 2.78. The first-order valence-corrected chi connectivity index (χ1v) is 10.9. The van der Waals surface area contributed by atoms with Crippen LogP contribution in [-0.4, -0.2) is 34.9 Å². The van der Waals surface area contributed by atoms with Gasteiger partial charge in [0.15, 0.2) is 17.5 Å². The highest BCUT2D eigenvalue weighted by molar-refractivity contribution is 7.80. The fourth-order valence-corrected chi connectivity index (χ4v) is 4.42. The minimum absolute atomic E-state index is 0.0841. The number of amides is 1. The van der Waals surface area contributed by atoms with Gasteiger partial charge < -0.3 is 20.3 Å². The number of nitrogens with zero attached hydrogens (tertiary/aromatic N) is 1. The van der Waals surface area contributed by atoms with Gasteiger partial charge in [-0.3, -0.25) is 9.59 Å². The number of benzene rings is 2. The highest BCUT2D eigenvalue weighted by atomic mass is 32.1. The maximum atomic E-state index is 12.7. The van der Waals surface area contributed by atoms with Gasteiger partial charge in [0.25, 0.3) is 5.91 Å². The molecule has 6 nitrogen and oxygen atoms in total. The molecule has 7 heteroatoms.